The van der Waals surface area contributed by atoms with Gasteiger partial charge in [-0.25, -0.2) is 19.2 Å². The summed E-state index contributed by atoms with van der Waals surface area (Å²) in [7, 11) is 0. The second-order valence-corrected chi connectivity index (χ2v) is 8.81. The number of amides is 2. The monoisotopic (exact) mass is 461 g/mol. The van der Waals surface area contributed by atoms with Crippen LogP contribution in [0, 0.1) is 5.82 Å². The number of aliphatic hydroxyl groups excluding tert-OH is 2. The molecule has 2 aromatic heterocycles. The molecular weight excluding hydrogens is 437 g/mol. The molecule has 170 valence electrons. The van der Waals surface area contributed by atoms with Gasteiger partial charge in [-0.15, -0.1) is 0 Å². The predicted octanol–water partition coefficient (Wildman–Crippen LogP) is 2.17. The normalized spacial score (nSPS) is 17.6. The minimum Gasteiger partial charge on any atom is -0.508 e. The Balaban J connectivity index is 1.39. The molecule has 32 heavy (non-hydrogen) atoms. The molecule has 4 rings (SSSR count). The quantitative estimate of drug-likeness (QED) is 0.459. The van der Waals surface area contributed by atoms with Crippen LogP contribution in [0.15, 0.2) is 30.5 Å². The average Bonchev–Trinajstić information content (AvgIpc) is 3.14. The second kappa shape index (κ2) is 9.23. The largest absolute Gasteiger partial charge is 0.508 e. The smallest absolute Gasteiger partial charge is 0.324 e. The number of fused-ring (bicyclic) bond motifs is 1. The van der Waals surface area contributed by atoms with Gasteiger partial charge in [0.15, 0.2) is 16.8 Å². The third kappa shape index (κ3) is 4.74. The van der Waals surface area contributed by atoms with Crippen molar-refractivity contribution < 1.29 is 24.5 Å². The first-order valence-corrected chi connectivity index (χ1v) is 11.0. The summed E-state index contributed by atoms with van der Waals surface area (Å²) in [6.45, 7) is 2.68. The lowest BCUT2D eigenvalue weighted by atomic mass is 10.1. The van der Waals surface area contributed by atoms with Crippen LogP contribution in [0.3, 0.4) is 0 Å². The van der Waals surface area contributed by atoms with E-state index in [1.54, 1.807) is 28.0 Å². The number of nitrogens with one attached hydrogen (secondary N) is 1. The van der Waals surface area contributed by atoms with E-state index in [4.69, 9.17) is 5.11 Å². The summed E-state index contributed by atoms with van der Waals surface area (Å²) in [5, 5.41) is 31.3. The zero-order valence-electron chi connectivity index (χ0n) is 17.4. The van der Waals surface area contributed by atoms with Crippen LogP contribution in [-0.2, 0) is 6.42 Å². The van der Waals surface area contributed by atoms with Crippen molar-refractivity contribution in [2.75, 3.05) is 36.5 Å². The van der Waals surface area contributed by atoms with Gasteiger partial charge in [-0.2, -0.15) is 0 Å². The van der Waals surface area contributed by atoms with Crippen LogP contribution in [0.2, 0.25) is 0 Å². The molecule has 3 aromatic rings. The summed E-state index contributed by atoms with van der Waals surface area (Å²) in [4.78, 5) is 24.8. The van der Waals surface area contributed by atoms with Crippen molar-refractivity contribution in [1.82, 2.24) is 14.9 Å². The van der Waals surface area contributed by atoms with Crippen LogP contribution in [0.4, 0.5) is 20.1 Å². The van der Waals surface area contributed by atoms with Crippen molar-refractivity contribution in [3.63, 3.8) is 0 Å². The number of rotatable bonds is 5. The van der Waals surface area contributed by atoms with Crippen LogP contribution < -0.4 is 10.2 Å². The lowest BCUT2D eigenvalue weighted by molar-refractivity contribution is 0.0954. The molecule has 11 heteroatoms. The first-order chi connectivity index (χ1) is 15.3. The van der Waals surface area contributed by atoms with Gasteiger partial charge in [0.05, 0.1) is 22.9 Å². The topological polar surface area (TPSA) is 122 Å². The maximum absolute atomic E-state index is 14.6. The molecule has 0 spiro atoms. The van der Waals surface area contributed by atoms with E-state index >= 15 is 0 Å². The number of phenolic OH excluding ortho intramolecular Hbond substituents is 1. The number of hydrogen-bond acceptors (Lipinski definition) is 8. The molecule has 2 amide bonds. The molecule has 1 saturated heterocycles. The minimum absolute atomic E-state index is 0.121. The van der Waals surface area contributed by atoms with Crippen LogP contribution >= 0.6 is 11.3 Å². The molecule has 1 aliphatic heterocycles. The molecule has 0 radical (unpaired) electrons. The number of thiazole rings is 1. The summed E-state index contributed by atoms with van der Waals surface area (Å²) in [5.74, 6) is -0.164. The number of carbonyl (C=O) groups is 1. The molecular formula is C21H24FN5O4S. The molecule has 1 unspecified atom stereocenters. The van der Waals surface area contributed by atoms with E-state index in [0.29, 0.717) is 35.8 Å². The zero-order chi connectivity index (χ0) is 22.8. The van der Waals surface area contributed by atoms with E-state index in [2.05, 4.69) is 15.3 Å². The number of benzene rings is 1. The number of anilines is 2. The number of piperazine rings is 1. The Bertz CT molecular complexity index is 1130. The SMILES string of the molecule is C[C@H]1CN(c2ncc(CC(O)CO)cc2F)CCN1C(=O)Nc1nc2ccc(O)cc2s1. The summed E-state index contributed by atoms with van der Waals surface area (Å²) in [6.07, 6.45) is 0.660. The standard InChI is InChI=1S/C21H24FN5O4S/c1-12-10-26(19-16(22)7-13(9-23-19)6-15(30)11-28)4-5-27(12)21(31)25-20-24-17-3-2-14(29)8-18(17)32-20/h2-3,7-9,12,15,28-30H,4-6,10-11H2,1H3,(H,24,25,31)/t12-,15?/m0/s1. The highest BCUT2D eigenvalue weighted by atomic mass is 32.1. The van der Waals surface area contributed by atoms with Crippen LogP contribution in [0.25, 0.3) is 10.2 Å². The Labute approximate surface area is 187 Å². The highest BCUT2D eigenvalue weighted by Gasteiger charge is 2.30. The summed E-state index contributed by atoms with van der Waals surface area (Å²) >= 11 is 1.28. The van der Waals surface area contributed by atoms with Gasteiger partial charge in [0.2, 0.25) is 0 Å². The lowest BCUT2D eigenvalue weighted by Gasteiger charge is -2.40. The van der Waals surface area contributed by atoms with E-state index in [9.17, 15) is 19.4 Å². The molecule has 0 aliphatic carbocycles. The summed E-state index contributed by atoms with van der Waals surface area (Å²) in [5.41, 5.74) is 1.19. The van der Waals surface area contributed by atoms with Gasteiger partial charge in [-0.1, -0.05) is 11.3 Å². The first kappa shape index (κ1) is 22.2. The average molecular weight is 462 g/mol. The minimum atomic E-state index is -0.953. The number of phenols is 1. The fourth-order valence-corrected chi connectivity index (χ4v) is 4.62. The number of halogens is 1. The number of nitrogens with zero attached hydrogens (tertiary/aromatic N) is 4. The number of aliphatic hydroxyl groups is 2. The summed E-state index contributed by atoms with van der Waals surface area (Å²) < 4.78 is 15.4. The Hall–Kier alpha value is -3.02. The molecule has 1 aliphatic rings. The van der Waals surface area contributed by atoms with Gasteiger partial charge in [0, 0.05) is 38.3 Å². The maximum Gasteiger partial charge on any atom is 0.324 e. The van der Waals surface area contributed by atoms with E-state index in [-0.39, 0.29) is 30.1 Å². The van der Waals surface area contributed by atoms with Crippen LogP contribution in [0.1, 0.15) is 12.5 Å². The molecule has 0 saturated carbocycles. The fourth-order valence-electron chi connectivity index (χ4n) is 3.73. The molecule has 1 aromatic carbocycles. The zero-order valence-corrected chi connectivity index (χ0v) is 18.2. The highest BCUT2D eigenvalue weighted by Crippen LogP contribution is 2.29. The van der Waals surface area contributed by atoms with Gasteiger partial charge >= 0.3 is 6.03 Å². The number of aromatic hydroxyl groups is 1. The summed E-state index contributed by atoms with van der Waals surface area (Å²) in [6, 6.07) is 5.66. The van der Waals surface area contributed by atoms with Crippen molar-refractivity contribution in [3.8, 4) is 5.75 Å². The Morgan fingerprint density at radius 2 is 2.19 bits per heavy atom. The lowest BCUT2D eigenvalue weighted by Crippen LogP contribution is -2.55. The molecule has 9 nitrogen and oxygen atoms in total. The Morgan fingerprint density at radius 1 is 1.38 bits per heavy atom. The van der Waals surface area contributed by atoms with Gasteiger partial charge in [0.1, 0.15) is 5.75 Å². The molecule has 4 N–H and O–H groups in total. The molecule has 3 heterocycles. The number of urea groups is 1. The second-order valence-electron chi connectivity index (χ2n) is 7.78. The van der Waals surface area contributed by atoms with Gasteiger partial charge in [-0.3, -0.25) is 5.32 Å². The van der Waals surface area contributed by atoms with E-state index in [1.165, 1.54) is 23.6 Å². The Kier molecular flexibility index (Phi) is 6.40. The highest BCUT2D eigenvalue weighted by molar-refractivity contribution is 7.22. The Morgan fingerprint density at radius 3 is 2.91 bits per heavy atom. The predicted molar refractivity (Wildman–Crippen MR) is 120 cm³/mol. The van der Waals surface area contributed by atoms with Crippen molar-refractivity contribution in [1.29, 1.82) is 0 Å². The third-order valence-electron chi connectivity index (χ3n) is 5.33. The number of pyridine rings is 1. The van der Waals surface area contributed by atoms with Gasteiger partial charge < -0.3 is 25.1 Å². The molecule has 0 bridgehead atoms. The number of hydrogen-bond donors (Lipinski definition) is 4. The van der Waals surface area contributed by atoms with Crippen LogP contribution in [-0.4, -0.2) is 74.6 Å². The van der Waals surface area contributed by atoms with Crippen molar-refractivity contribution >= 4 is 38.5 Å². The van der Waals surface area contributed by atoms with Gasteiger partial charge in [-0.05, 0) is 36.8 Å². The fraction of sp³-hybridized carbons (Fsp3) is 0.381. The molecule has 2 atom stereocenters. The van der Waals surface area contributed by atoms with E-state index in [1.807, 2.05) is 6.92 Å². The van der Waals surface area contributed by atoms with E-state index in [0.717, 1.165) is 4.70 Å². The first-order valence-electron chi connectivity index (χ1n) is 10.2. The van der Waals surface area contributed by atoms with Crippen molar-refractivity contribution in [2.24, 2.45) is 0 Å². The number of carbonyl (C=O) groups excluding carboxylic acids is 1. The maximum atomic E-state index is 14.6. The van der Waals surface area contributed by atoms with Crippen molar-refractivity contribution in [2.45, 2.75) is 25.5 Å². The van der Waals surface area contributed by atoms with E-state index < -0.39 is 18.5 Å². The number of aromatic nitrogens is 2. The van der Waals surface area contributed by atoms with Crippen LogP contribution in [0.5, 0.6) is 5.75 Å². The van der Waals surface area contributed by atoms with Gasteiger partial charge in [0.25, 0.3) is 0 Å². The molecule has 1 fully saturated rings. The van der Waals surface area contributed by atoms with Crippen molar-refractivity contribution in [3.05, 3.63) is 41.8 Å². The third-order valence-corrected chi connectivity index (χ3v) is 6.27.